The van der Waals surface area contributed by atoms with Crippen molar-refractivity contribution in [1.29, 1.82) is 0 Å². The summed E-state index contributed by atoms with van der Waals surface area (Å²) in [6, 6.07) is -0.630. The number of rotatable bonds is 4. The Hall–Kier alpha value is -0.530. The van der Waals surface area contributed by atoms with Crippen LogP contribution < -0.4 is 16.9 Å². The molecule has 0 aromatic carbocycles. The maximum absolute atomic E-state index is 11.0. The van der Waals surface area contributed by atoms with Crippen molar-refractivity contribution < 1.29 is 9.63 Å². The van der Waals surface area contributed by atoms with E-state index in [1.54, 1.807) is 11.8 Å². The summed E-state index contributed by atoms with van der Waals surface area (Å²) in [5.74, 6) is 0.255. The molecular weight excluding hydrogens is 210 g/mol. The van der Waals surface area contributed by atoms with Crippen LogP contribution in [-0.4, -0.2) is 29.1 Å². The summed E-state index contributed by atoms with van der Waals surface area (Å²) in [4.78, 5) is 15.5. The molecule has 0 heterocycles. The molecule has 0 aliphatic rings. The van der Waals surface area contributed by atoms with Gasteiger partial charge < -0.3 is 16.3 Å². The summed E-state index contributed by atoms with van der Waals surface area (Å²) >= 11 is 6.05. The van der Waals surface area contributed by atoms with Gasteiger partial charge in [0.25, 0.3) is 0 Å². The first kappa shape index (κ1) is 12.5. The van der Waals surface area contributed by atoms with Crippen LogP contribution in [0.4, 0.5) is 0 Å². The highest BCUT2D eigenvalue weighted by atomic mass is 32.2. The van der Waals surface area contributed by atoms with Crippen LogP contribution in [-0.2, 0) is 9.63 Å². The molecule has 0 fully saturated rings. The van der Waals surface area contributed by atoms with Crippen molar-refractivity contribution in [2.45, 2.75) is 12.5 Å². The highest BCUT2D eigenvalue weighted by Crippen LogP contribution is 1.99. The van der Waals surface area contributed by atoms with Crippen LogP contribution in [0, 0.1) is 0 Å². The predicted molar refractivity (Wildman–Crippen MR) is 57.0 cm³/mol. The zero-order valence-electron chi connectivity index (χ0n) is 7.28. The van der Waals surface area contributed by atoms with Gasteiger partial charge in [-0.05, 0) is 30.6 Å². The lowest BCUT2D eigenvalue weighted by molar-refractivity contribution is -0.149. The average molecular weight is 223 g/mol. The van der Waals surface area contributed by atoms with E-state index >= 15 is 0 Å². The molecule has 0 aromatic heterocycles. The number of nitrogens with one attached hydrogen (secondary N) is 1. The van der Waals surface area contributed by atoms with Crippen LogP contribution in [0.25, 0.3) is 0 Å². The molecule has 0 amide bonds. The first-order valence-corrected chi connectivity index (χ1v) is 5.38. The largest absolute Gasteiger partial charge is 0.374 e. The lowest BCUT2D eigenvalue weighted by atomic mass is 10.2. The smallest absolute Gasteiger partial charge is 0.348 e. The number of hydrogen-bond donors (Lipinski definition) is 3. The highest BCUT2D eigenvalue weighted by Gasteiger charge is 2.14. The first-order valence-electron chi connectivity index (χ1n) is 3.58. The summed E-state index contributed by atoms with van der Waals surface area (Å²) < 4.78 is 0. The van der Waals surface area contributed by atoms with Gasteiger partial charge in [0, 0.05) is 0 Å². The maximum Gasteiger partial charge on any atom is 0.348 e. The zero-order chi connectivity index (χ0) is 10.3. The molecule has 0 bridgehead atoms. The number of thioether (sulfide) groups is 1. The number of carbonyl (C=O) groups excluding carboxylic acids is 1. The molecule has 0 aliphatic heterocycles. The molecule has 0 rings (SSSR count). The molecule has 76 valence electrons. The van der Waals surface area contributed by atoms with Crippen LogP contribution in [0.3, 0.4) is 0 Å². The topological polar surface area (TPSA) is 90.4 Å². The third-order valence-corrected chi connectivity index (χ3v) is 1.92. The van der Waals surface area contributed by atoms with Crippen molar-refractivity contribution in [3.63, 3.8) is 0 Å². The van der Waals surface area contributed by atoms with E-state index in [1.807, 2.05) is 6.26 Å². The van der Waals surface area contributed by atoms with Gasteiger partial charge in [-0.2, -0.15) is 17.2 Å². The summed E-state index contributed by atoms with van der Waals surface area (Å²) in [5, 5.41) is -0.0922. The summed E-state index contributed by atoms with van der Waals surface area (Å²) in [6.45, 7) is 0. The highest BCUT2D eigenvalue weighted by molar-refractivity contribution is 7.98. The van der Waals surface area contributed by atoms with Gasteiger partial charge in [0.1, 0.15) is 6.04 Å². The van der Waals surface area contributed by atoms with E-state index in [1.165, 1.54) is 0 Å². The SMILES string of the molecule is CSCC[C@H](N)C(=O)ONC(N)=S. The molecule has 5 N–H and O–H groups in total. The van der Waals surface area contributed by atoms with Crippen LogP contribution in [0.15, 0.2) is 0 Å². The minimum Gasteiger partial charge on any atom is -0.374 e. The second kappa shape index (κ2) is 6.93. The van der Waals surface area contributed by atoms with E-state index in [0.717, 1.165) is 5.75 Å². The summed E-state index contributed by atoms with van der Waals surface area (Å²) in [5.41, 5.74) is 12.6. The van der Waals surface area contributed by atoms with Crippen LogP contribution >= 0.6 is 24.0 Å². The standard InChI is InChI=1S/C6H13N3O2S2/c1-13-3-2-4(7)5(10)11-9-6(8)12/h4H,2-3,7H2,1H3,(H3,8,9,12)/t4-/m0/s1. The Bertz CT molecular complexity index is 189. The molecule has 0 radical (unpaired) electrons. The normalized spacial score (nSPS) is 11.8. The Morgan fingerprint density at radius 2 is 2.38 bits per heavy atom. The van der Waals surface area contributed by atoms with Crippen molar-refractivity contribution in [2.75, 3.05) is 12.0 Å². The van der Waals surface area contributed by atoms with E-state index in [4.69, 9.17) is 11.5 Å². The average Bonchev–Trinajstić information content (AvgIpc) is 2.10. The fourth-order valence-electron chi connectivity index (χ4n) is 0.539. The van der Waals surface area contributed by atoms with Gasteiger partial charge >= 0.3 is 5.97 Å². The zero-order valence-corrected chi connectivity index (χ0v) is 8.91. The Morgan fingerprint density at radius 3 is 2.85 bits per heavy atom. The van der Waals surface area contributed by atoms with Crippen molar-refractivity contribution in [3.05, 3.63) is 0 Å². The van der Waals surface area contributed by atoms with Gasteiger partial charge in [0.15, 0.2) is 5.11 Å². The van der Waals surface area contributed by atoms with Gasteiger partial charge in [-0.15, -0.1) is 0 Å². The molecular formula is C6H13N3O2S2. The molecule has 7 heteroatoms. The fraction of sp³-hybridized carbons (Fsp3) is 0.667. The van der Waals surface area contributed by atoms with Crippen molar-refractivity contribution in [3.8, 4) is 0 Å². The number of thiocarbonyl (C=S) groups is 1. The number of hydrogen-bond acceptors (Lipinski definition) is 5. The minimum absolute atomic E-state index is 0.0922. The molecule has 0 saturated carbocycles. The van der Waals surface area contributed by atoms with E-state index in [-0.39, 0.29) is 5.11 Å². The number of nitrogens with two attached hydrogens (primary N) is 2. The quantitative estimate of drug-likeness (QED) is 0.431. The molecule has 5 nitrogen and oxygen atoms in total. The predicted octanol–water partition coefficient (Wildman–Crippen LogP) is -0.642. The van der Waals surface area contributed by atoms with Gasteiger partial charge in [-0.1, -0.05) is 0 Å². The fourth-order valence-corrected chi connectivity index (χ4v) is 1.07. The Balaban J connectivity index is 3.63. The maximum atomic E-state index is 11.0. The molecule has 0 aromatic rings. The van der Waals surface area contributed by atoms with Crippen molar-refractivity contribution in [1.82, 2.24) is 5.48 Å². The molecule has 0 saturated heterocycles. The monoisotopic (exact) mass is 223 g/mol. The number of hydroxylamine groups is 1. The van der Waals surface area contributed by atoms with Crippen LogP contribution in [0.1, 0.15) is 6.42 Å². The van der Waals surface area contributed by atoms with E-state index in [2.05, 4.69) is 22.5 Å². The van der Waals surface area contributed by atoms with Gasteiger partial charge in [-0.3, -0.25) is 0 Å². The second-order valence-corrected chi connectivity index (χ2v) is 3.70. The summed E-state index contributed by atoms with van der Waals surface area (Å²) in [7, 11) is 0. The lowest BCUT2D eigenvalue weighted by Gasteiger charge is -2.09. The number of carbonyl (C=O) groups is 1. The Labute approximate surface area is 86.5 Å². The third-order valence-electron chi connectivity index (χ3n) is 1.19. The molecule has 0 aliphatic carbocycles. The van der Waals surface area contributed by atoms with E-state index in [0.29, 0.717) is 6.42 Å². The van der Waals surface area contributed by atoms with Gasteiger partial charge in [0.05, 0.1) is 0 Å². The Morgan fingerprint density at radius 1 is 1.77 bits per heavy atom. The van der Waals surface area contributed by atoms with Crippen LogP contribution in [0.5, 0.6) is 0 Å². The van der Waals surface area contributed by atoms with Gasteiger partial charge in [0.2, 0.25) is 0 Å². The lowest BCUT2D eigenvalue weighted by Crippen LogP contribution is -2.39. The van der Waals surface area contributed by atoms with Crippen molar-refractivity contribution >= 4 is 35.1 Å². The third kappa shape index (κ3) is 6.62. The van der Waals surface area contributed by atoms with E-state index in [9.17, 15) is 4.79 Å². The first-order chi connectivity index (χ1) is 6.07. The van der Waals surface area contributed by atoms with Gasteiger partial charge in [-0.25, -0.2) is 4.79 Å². The molecule has 0 spiro atoms. The van der Waals surface area contributed by atoms with Crippen molar-refractivity contribution in [2.24, 2.45) is 11.5 Å². The Kier molecular flexibility index (Phi) is 6.65. The molecule has 1 atom stereocenters. The van der Waals surface area contributed by atoms with Crippen LogP contribution in [0.2, 0.25) is 0 Å². The second-order valence-electron chi connectivity index (χ2n) is 2.28. The minimum atomic E-state index is -0.630. The molecule has 13 heavy (non-hydrogen) atoms. The molecule has 0 unspecified atom stereocenters. The summed E-state index contributed by atoms with van der Waals surface area (Å²) in [6.07, 6.45) is 2.50. The van der Waals surface area contributed by atoms with E-state index < -0.39 is 12.0 Å².